The Kier molecular flexibility index (Phi) is 6.78. The van der Waals surface area contributed by atoms with Crippen molar-refractivity contribution in [2.45, 2.75) is 20.5 Å². The summed E-state index contributed by atoms with van der Waals surface area (Å²) < 4.78 is 7.99. The van der Waals surface area contributed by atoms with Crippen molar-refractivity contribution >= 4 is 46.9 Å². The van der Waals surface area contributed by atoms with Crippen LogP contribution in [0.1, 0.15) is 22.5 Å². The van der Waals surface area contributed by atoms with Gasteiger partial charge in [0.2, 0.25) is 0 Å². The van der Waals surface area contributed by atoms with Crippen LogP contribution in [0, 0.1) is 13.8 Å². The number of carbonyl (C=O) groups excluding carboxylic acids is 2. The summed E-state index contributed by atoms with van der Waals surface area (Å²) in [7, 11) is 0. The molecule has 0 unspecified atom stereocenters. The number of rotatable bonds is 6. The fraction of sp³-hybridized carbons (Fsp3) is 0.103. The maximum Gasteiger partial charge on any atom is 0.333 e. The lowest BCUT2D eigenvalue weighted by molar-refractivity contribution is -0.113. The zero-order valence-corrected chi connectivity index (χ0v) is 21.7. The summed E-state index contributed by atoms with van der Waals surface area (Å²) in [5.41, 5.74) is 5.29. The van der Waals surface area contributed by atoms with Crippen LogP contribution in [0.4, 0.5) is 10.5 Å². The van der Waals surface area contributed by atoms with Gasteiger partial charge in [0.1, 0.15) is 18.1 Å². The summed E-state index contributed by atoms with van der Waals surface area (Å²) in [6.07, 6.45) is 1.70. The van der Waals surface area contributed by atoms with Crippen molar-refractivity contribution in [2.24, 2.45) is 0 Å². The highest BCUT2D eigenvalue weighted by Crippen LogP contribution is 2.28. The van der Waals surface area contributed by atoms with Gasteiger partial charge >= 0.3 is 6.03 Å². The fourth-order valence-corrected chi connectivity index (χ4v) is 4.63. The molecular weight excluding hydrogens is 509 g/mol. The molecule has 1 saturated heterocycles. The quantitative estimate of drug-likeness (QED) is 0.213. The van der Waals surface area contributed by atoms with E-state index in [-0.39, 0.29) is 5.70 Å². The number of carbonyl (C=O) groups is 2. The first-order valence-electron chi connectivity index (χ1n) is 11.6. The number of benzene rings is 3. The van der Waals surface area contributed by atoms with Gasteiger partial charge in [-0.1, -0.05) is 41.4 Å². The van der Waals surface area contributed by atoms with Gasteiger partial charge < -0.3 is 14.6 Å². The van der Waals surface area contributed by atoms with Gasteiger partial charge in [0.05, 0.1) is 5.69 Å². The molecule has 1 N–H and O–H groups in total. The fourth-order valence-electron chi connectivity index (χ4n) is 4.31. The number of halogens is 2. The normalized spacial score (nSPS) is 14.4. The Hall–Kier alpha value is -4.00. The van der Waals surface area contributed by atoms with Gasteiger partial charge in [-0.2, -0.15) is 0 Å². The molecule has 3 amide bonds. The van der Waals surface area contributed by atoms with Crippen LogP contribution < -0.4 is 15.0 Å². The lowest BCUT2D eigenvalue weighted by atomic mass is 10.2. The summed E-state index contributed by atoms with van der Waals surface area (Å²) in [6, 6.07) is 23.4. The van der Waals surface area contributed by atoms with Gasteiger partial charge in [0.15, 0.2) is 0 Å². The number of anilines is 1. The van der Waals surface area contributed by atoms with Crippen molar-refractivity contribution in [3.05, 3.63) is 117 Å². The molecule has 0 aliphatic carbocycles. The van der Waals surface area contributed by atoms with Gasteiger partial charge in [-0.3, -0.25) is 4.79 Å². The number of nitrogens with one attached hydrogen (secondary N) is 1. The zero-order chi connectivity index (χ0) is 26.1. The highest BCUT2D eigenvalue weighted by molar-refractivity contribution is 6.31. The Morgan fingerprint density at radius 1 is 0.892 bits per heavy atom. The molecule has 5 rings (SSSR count). The summed E-state index contributed by atoms with van der Waals surface area (Å²) >= 11 is 12.2. The zero-order valence-electron chi connectivity index (χ0n) is 20.2. The predicted molar refractivity (Wildman–Crippen MR) is 146 cm³/mol. The van der Waals surface area contributed by atoms with E-state index < -0.39 is 11.9 Å². The van der Waals surface area contributed by atoms with E-state index in [2.05, 4.69) is 9.88 Å². The number of urea groups is 1. The van der Waals surface area contributed by atoms with Crippen LogP contribution >= 0.6 is 23.2 Å². The third kappa shape index (κ3) is 4.99. The minimum absolute atomic E-state index is 0.212. The van der Waals surface area contributed by atoms with Crippen LogP contribution in [0.15, 0.2) is 84.6 Å². The third-order valence-electron chi connectivity index (χ3n) is 6.18. The Labute approximate surface area is 224 Å². The van der Waals surface area contributed by atoms with Gasteiger partial charge in [-0.25, -0.2) is 9.69 Å². The Morgan fingerprint density at radius 2 is 1.57 bits per heavy atom. The van der Waals surface area contributed by atoms with Crippen LogP contribution in [-0.2, 0) is 11.4 Å². The molecule has 4 aromatic rings. The molecule has 0 saturated carbocycles. The Balaban J connectivity index is 1.35. The number of nitrogens with zero attached hydrogens (tertiary/aromatic N) is 2. The van der Waals surface area contributed by atoms with E-state index in [1.54, 1.807) is 30.3 Å². The SMILES string of the molecule is Cc1cc(/C=C2/NC(=O)N(c3ccc(Cl)cc3)C2=O)c(C)n1-c1ccc(OCc2ccccc2Cl)cc1. The average Bonchev–Trinajstić information content (AvgIpc) is 3.32. The molecular formula is C29H23Cl2N3O3. The van der Waals surface area contributed by atoms with Crippen LogP contribution in [-0.4, -0.2) is 16.5 Å². The van der Waals surface area contributed by atoms with Crippen LogP contribution in [0.5, 0.6) is 5.75 Å². The topological polar surface area (TPSA) is 63.6 Å². The van der Waals surface area contributed by atoms with Crippen molar-refractivity contribution in [3.8, 4) is 11.4 Å². The molecule has 1 aliphatic rings. The van der Waals surface area contributed by atoms with Crippen molar-refractivity contribution in [1.82, 2.24) is 9.88 Å². The molecule has 186 valence electrons. The molecule has 0 radical (unpaired) electrons. The van der Waals surface area contributed by atoms with Crippen LogP contribution in [0.3, 0.4) is 0 Å². The maximum absolute atomic E-state index is 13.0. The summed E-state index contributed by atoms with van der Waals surface area (Å²) in [5.74, 6) is 0.312. The molecule has 1 aromatic heterocycles. The van der Waals surface area contributed by atoms with E-state index in [0.717, 1.165) is 38.9 Å². The molecule has 3 aromatic carbocycles. The van der Waals surface area contributed by atoms with Gasteiger partial charge in [-0.05, 0) is 86.2 Å². The predicted octanol–water partition coefficient (Wildman–Crippen LogP) is 7.08. The second-order valence-electron chi connectivity index (χ2n) is 8.64. The minimum Gasteiger partial charge on any atom is -0.489 e. The van der Waals surface area contributed by atoms with Crippen molar-refractivity contribution in [2.75, 3.05) is 4.90 Å². The molecule has 0 atom stereocenters. The summed E-state index contributed by atoms with van der Waals surface area (Å²) in [5, 5.41) is 3.88. The summed E-state index contributed by atoms with van der Waals surface area (Å²) in [6.45, 7) is 4.34. The smallest absolute Gasteiger partial charge is 0.333 e. The molecule has 8 heteroatoms. The number of amides is 3. The molecule has 0 spiro atoms. The van der Waals surface area contributed by atoms with E-state index in [1.807, 2.05) is 68.4 Å². The van der Waals surface area contributed by atoms with Crippen LogP contribution in [0.25, 0.3) is 11.8 Å². The van der Waals surface area contributed by atoms with Gasteiger partial charge in [-0.15, -0.1) is 0 Å². The Bertz CT molecular complexity index is 1520. The lowest BCUT2D eigenvalue weighted by Gasteiger charge is -2.12. The minimum atomic E-state index is -0.500. The number of aromatic nitrogens is 1. The van der Waals surface area contributed by atoms with E-state index >= 15 is 0 Å². The largest absolute Gasteiger partial charge is 0.489 e. The van der Waals surface area contributed by atoms with Crippen molar-refractivity contribution in [1.29, 1.82) is 0 Å². The molecule has 6 nitrogen and oxygen atoms in total. The van der Waals surface area contributed by atoms with Crippen LogP contribution in [0.2, 0.25) is 10.0 Å². The second kappa shape index (κ2) is 10.2. The molecule has 2 heterocycles. The third-order valence-corrected chi connectivity index (χ3v) is 6.80. The first-order valence-corrected chi connectivity index (χ1v) is 12.4. The number of imide groups is 1. The second-order valence-corrected chi connectivity index (χ2v) is 9.48. The van der Waals surface area contributed by atoms with Gasteiger partial charge in [0, 0.05) is 32.7 Å². The van der Waals surface area contributed by atoms with E-state index in [1.165, 1.54) is 0 Å². The van der Waals surface area contributed by atoms with E-state index in [9.17, 15) is 9.59 Å². The van der Waals surface area contributed by atoms with E-state index in [4.69, 9.17) is 27.9 Å². The van der Waals surface area contributed by atoms with Crippen molar-refractivity contribution < 1.29 is 14.3 Å². The molecule has 1 aliphatic heterocycles. The highest BCUT2D eigenvalue weighted by atomic mass is 35.5. The Morgan fingerprint density at radius 3 is 2.27 bits per heavy atom. The number of ether oxygens (including phenoxy) is 1. The van der Waals surface area contributed by atoms with E-state index in [0.29, 0.717) is 22.3 Å². The first-order chi connectivity index (χ1) is 17.8. The average molecular weight is 532 g/mol. The lowest BCUT2D eigenvalue weighted by Crippen LogP contribution is -2.30. The number of hydrogen-bond donors (Lipinski definition) is 1. The van der Waals surface area contributed by atoms with Gasteiger partial charge in [0.25, 0.3) is 5.91 Å². The number of hydrogen-bond acceptors (Lipinski definition) is 3. The molecule has 37 heavy (non-hydrogen) atoms. The molecule has 0 bridgehead atoms. The van der Waals surface area contributed by atoms with Crippen molar-refractivity contribution in [3.63, 3.8) is 0 Å². The monoisotopic (exact) mass is 531 g/mol. The highest BCUT2D eigenvalue weighted by Gasteiger charge is 2.35. The maximum atomic E-state index is 13.0. The number of aryl methyl sites for hydroxylation is 1. The standard InChI is InChI=1S/C29H23Cl2N3O3/c1-18-15-21(16-27-28(35)34(29(36)32-27)24-9-7-22(30)8-10-24)19(2)33(18)23-11-13-25(14-12-23)37-17-20-5-3-4-6-26(20)31/h3-16H,17H2,1-2H3,(H,32,36)/b27-16+. The summed E-state index contributed by atoms with van der Waals surface area (Å²) in [4.78, 5) is 26.7. The molecule has 1 fully saturated rings. The first kappa shape index (κ1) is 24.7.